The van der Waals surface area contributed by atoms with Gasteiger partial charge in [0.1, 0.15) is 0 Å². The van der Waals surface area contributed by atoms with E-state index in [9.17, 15) is 83.1 Å². The first-order valence-electron chi connectivity index (χ1n) is 10.4. The molecule has 23 heteroatoms. The molecule has 0 bridgehead atoms. The molecule has 0 atom stereocenters. The number of alkyl halides is 17. The van der Waals surface area contributed by atoms with Crippen molar-refractivity contribution in [3.63, 3.8) is 0 Å². The molecule has 0 rings (SSSR count). The fourth-order valence-corrected chi connectivity index (χ4v) is 4.37. The largest absolute Gasteiger partial charge is 0.460 e. The maximum atomic E-state index is 14.3. The van der Waals surface area contributed by atoms with E-state index in [2.05, 4.69) is 0 Å². The van der Waals surface area contributed by atoms with Gasteiger partial charge in [0.05, 0.1) is 0 Å². The Morgan fingerprint density at radius 2 is 0.950 bits per heavy atom. The number of halogens is 17. The minimum Gasteiger partial charge on any atom is -0.396 e. The highest BCUT2D eigenvalue weighted by atomic mass is 32.2. The van der Waals surface area contributed by atoms with E-state index in [1.807, 2.05) is 0 Å². The molecule has 40 heavy (non-hydrogen) atoms. The Hall–Kier alpha value is -1.36. The summed E-state index contributed by atoms with van der Waals surface area (Å²) in [5, 5.41) is 10.1. The molecule has 0 unspecified atom stereocenters. The molecule has 2 N–H and O–H groups in total. The van der Waals surface area contributed by atoms with Gasteiger partial charge in [-0.05, 0) is 12.8 Å². The topological polar surface area (TPSA) is 77.8 Å². The first kappa shape index (κ1) is 38.6. The van der Waals surface area contributed by atoms with Gasteiger partial charge in [0, 0.05) is 32.2 Å². The minimum atomic E-state index is -8.87. The lowest BCUT2D eigenvalue weighted by atomic mass is 9.91. The number of hydrogen-bond donors (Lipinski definition) is 2. The van der Waals surface area contributed by atoms with Gasteiger partial charge < -0.3 is 10.2 Å². The lowest BCUT2D eigenvalue weighted by Gasteiger charge is -2.43. The van der Waals surface area contributed by atoms with Crippen molar-refractivity contribution in [2.24, 2.45) is 5.92 Å². The van der Waals surface area contributed by atoms with Gasteiger partial charge in [0.25, 0.3) is 10.0 Å². The third-order valence-corrected chi connectivity index (χ3v) is 7.52. The average molecular weight is 657 g/mol. The number of sulfonamides is 1. The Morgan fingerprint density at radius 1 is 0.600 bits per heavy atom. The van der Waals surface area contributed by atoms with Crippen molar-refractivity contribution in [3.8, 4) is 0 Å². The first-order chi connectivity index (χ1) is 17.5. The Labute approximate surface area is 214 Å². The molecule has 0 fully saturated rings. The van der Waals surface area contributed by atoms with Crippen LogP contribution in [0.2, 0.25) is 0 Å². The van der Waals surface area contributed by atoms with Crippen LogP contribution in [0.15, 0.2) is 0 Å². The Kier molecular flexibility index (Phi) is 11.3. The van der Waals surface area contributed by atoms with Crippen LogP contribution in [0.4, 0.5) is 74.6 Å². The molecule has 0 aromatic heterocycles. The van der Waals surface area contributed by atoms with Gasteiger partial charge in [-0.1, -0.05) is 13.3 Å². The van der Waals surface area contributed by atoms with Crippen LogP contribution < -0.4 is 0 Å². The molecule has 0 saturated heterocycles. The summed E-state index contributed by atoms with van der Waals surface area (Å²) in [6.07, 6.45) is -8.94. The number of rotatable bonds is 16. The molecule has 0 saturated carbocycles. The monoisotopic (exact) mass is 657 g/mol. The van der Waals surface area contributed by atoms with E-state index in [4.69, 9.17) is 10.2 Å². The van der Waals surface area contributed by atoms with Crippen LogP contribution in [-0.2, 0) is 10.0 Å². The molecule has 0 radical (unpaired) electrons. The number of aliphatic hydroxyl groups is 2. The van der Waals surface area contributed by atoms with Gasteiger partial charge in [0.2, 0.25) is 0 Å². The SMILES string of the molecule is CCN(CCCCC(CO)CO)S(=O)(=O)C(F)(F)C(F)(F)C(F)(F)C(F)(F)C(F)(F)C(F)(F)C(F)(F)C(F)(F)F. The third-order valence-electron chi connectivity index (χ3n) is 5.50. The second-order valence-corrected chi connectivity index (χ2v) is 10.2. The summed E-state index contributed by atoms with van der Waals surface area (Å²) in [5.41, 5.74) is 0. The predicted molar refractivity (Wildman–Crippen MR) is 98.4 cm³/mol. The third kappa shape index (κ3) is 5.79. The molecular formula is C17H20F17NO4S. The van der Waals surface area contributed by atoms with Crippen molar-refractivity contribution in [3.05, 3.63) is 0 Å². The zero-order chi connectivity index (χ0) is 32.6. The second-order valence-electron chi connectivity index (χ2n) is 8.18. The van der Waals surface area contributed by atoms with Crippen LogP contribution in [0, 0.1) is 5.92 Å². The number of hydrogen-bond acceptors (Lipinski definition) is 4. The number of aliphatic hydroxyl groups excluding tert-OH is 2. The van der Waals surface area contributed by atoms with Crippen molar-refractivity contribution in [1.82, 2.24) is 4.31 Å². The summed E-state index contributed by atoms with van der Waals surface area (Å²) in [6.45, 7) is -3.29. The lowest BCUT2D eigenvalue weighted by molar-refractivity contribution is -0.458. The quantitative estimate of drug-likeness (QED) is 0.173. The van der Waals surface area contributed by atoms with Crippen LogP contribution in [-0.4, -0.2) is 96.2 Å². The maximum Gasteiger partial charge on any atom is 0.460 e. The Morgan fingerprint density at radius 3 is 1.27 bits per heavy atom. The van der Waals surface area contributed by atoms with E-state index < -0.39 is 99.9 Å². The van der Waals surface area contributed by atoms with Crippen LogP contribution in [0.3, 0.4) is 0 Å². The zero-order valence-corrected chi connectivity index (χ0v) is 20.3. The van der Waals surface area contributed by atoms with Gasteiger partial charge in [-0.15, -0.1) is 0 Å². The molecule has 0 aromatic carbocycles. The van der Waals surface area contributed by atoms with Crippen molar-refractivity contribution in [2.45, 2.75) is 73.2 Å². The van der Waals surface area contributed by atoms with E-state index >= 15 is 0 Å². The van der Waals surface area contributed by atoms with Gasteiger partial charge in [0.15, 0.2) is 0 Å². The molecule has 5 nitrogen and oxygen atoms in total. The van der Waals surface area contributed by atoms with Gasteiger partial charge in [-0.3, -0.25) is 0 Å². The fourth-order valence-electron chi connectivity index (χ4n) is 2.88. The van der Waals surface area contributed by atoms with Crippen molar-refractivity contribution >= 4 is 10.0 Å². The molecule has 0 aromatic rings. The first-order valence-corrected chi connectivity index (χ1v) is 11.8. The van der Waals surface area contributed by atoms with E-state index in [1.54, 1.807) is 0 Å². The van der Waals surface area contributed by atoms with E-state index in [-0.39, 0.29) is 12.8 Å². The van der Waals surface area contributed by atoms with Gasteiger partial charge in [-0.25, -0.2) is 8.42 Å². The highest BCUT2D eigenvalue weighted by Gasteiger charge is 2.96. The van der Waals surface area contributed by atoms with Crippen molar-refractivity contribution in [1.29, 1.82) is 0 Å². The van der Waals surface area contributed by atoms with Crippen LogP contribution >= 0.6 is 0 Å². The zero-order valence-electron chi connectivity index (χ0n) is 19.5. The van der Waals surface area contributed by atoms with Crippen LogP contribution in [0.25, 0.3) is 0 Å². The Balaban J connectivity index is 6.60. The van der Waals surface area contributed by atoms with Crippen molar-refractivity contribution in [2.75, 3.05) is 26.3 Å². The van der Waals surface area contributed by atoms with Crippen LogP contribution in [0.1, 0.15) is 26.2 Å². The molecule has 0 aliphatic carbocycles. The smallest absolute Gasteiger partial charge is 0.396 e. The molecular weight excluding hydrogens is 637 g/mol. The highest BCUT2D eigenvalue weighted by Crippen LogP contribution is 2.64. The van der Waals surface area contributed by atoms with Gasteiger partial charge >= 0.3 is 47.0 Å². The lowest BCUT2D eigenvalue weighted by Crippen LogP contribution is -2.75. The average Bonchev–Trinajstić information content (AvgIpc) is 2.79. The summed E-state index contributed by atoms with van der Waals surface area (Å²) >= 11 is 0. The van der Waals surface area contributed by atoms with Gasteiger partial charge in [-0.2, -0.15) is 78.9 Å². The Bertz CT molecular complexity index is 948. The highest BCUT2D eigenvalue weighted by molar-refractivity contribution is 7.90. The molecule has 0 heterocycles. The molecule has 242 valence electrons. The van der Waals surface area contributed by atoms with E-state index in [1.165, 1.54) is 0 Å². The molecule has 0 spiro atoms. The molecule has 0 aliphatic heterocycles. The summed E-state index contributed by atoms with van der Waals surface area (Å²) < 4.78 is 251. The molecule has 0 amide bonds. The summed E-state index contributed by atoms with van der Waals surface area (Å²) in [7, 11) is -7.32. The van der Waals surface area contributed by atoms with E-state index in [0.29, 0.717) is 6.92 Å². The summed E-state index contributed by atoms with van der Waals surface area (Å²) in [6, 6.07) is 0. The standard InChI is InChI=1S/C17H20F17NO4S/c1-2-35(6-4-3-5-9(7-36)8-37)40(38,39)17(33,34)15(28,29)13(24,25)11(20,21)10(18,19)12(22,23)14(26,27)16(30,31)32/h9,36-37H,2-8H2,1H3. The number of nitrogens with zero attached hydrogens (tertiary/aromatic N) is 1. The normalized spacial score (nSPS) is 15.8. The maximum absolute atomic E-state index is 14.3. The number of unbranched alkanes of at least 4 members (excludes halogenated alkanes) is 1. The predicted octanol–water partition coefficient (Wildman–Crippen LogP) is 5.38. The summed E-state index contributed by atoms with van der Waals surface area (Å²) in [5.74, 6) is -52.6. The van der Waals surface area contributed by atoms with Crippen LogP contribution in [0.5, 0.6) is 0 Å². The molecule has 0 aliphatic rings. The minimum absolute atomic E-state index is 0.159. The summed E-state index contributed by atoms with van der Waals surface area (Å²) in [4.78, 5) is 0. The fraction of sp³-hybridized carbons (Fsp3) is 1.00. The second kappa shape index (κ2) is 11.7. The van der Waals surface area contributed by atoms with Crippen molar-refractivity contribution < 1.29 is 93.3 Å². The van der Waals surface area contributed by atoms with E-state index in [0.717, 1.165) is 0 Å².